The van der Waals surface area contributed by atoms with E-state index in [0.717, 1.165) is 38.7 Å². The summed E-state index contributed by atoms with van der Waals surface area (Å²) in [6.45, 7) is 5.10. The molecule has 0 unspecified atom stereocenters. The summed E-state index contributed by atoms with van der Waals surface area (Å²) >= 11 is 0. The van der Waals surface area contributed by atoms with Gasteiger partial charge in [-0.25, -0.2) is 8.42 Å². The fourth-order valence-electron chi connectivity index (χ4n) is 2.64. The van der Waals surface area contributed by atoms with Crippen LogP contribution in [0.15, 0.2) is 35.3 Å². The van der Waals surface area contributed by atoms with Crippen molar-refractivity contribution in [3.8, 4) is 0 Å². The number of benzene rings is 1. The number of piperazine rings is 1. The van der Waals surface area contributed by atoms with Gasteiger partial charge in [-0.2, -0.15) is 0 Å². The van der Waals surface area contributed by atoms with Gasteiger partial charge >= 0.3 is 0 Å². The number of hydrogen-bond acceptors (Lipinski definition) is 4. The highest BCUT2D eigenvalue weighted by atomic mass is 32.2. The zero-order valence-corrected chi connectivity index (χ0v) is 14.7. The topological polar surface area (TPSA) is 65.0 Å². The molecule has 1 aliphatic rings. The summed E-state index contributed by atoms with van der Waals surface area (Å²) in [6.07, 6.45) is 1.25. The smallest absolute Gasteiger partial charge is 0.193 e. The Labute approximate surface area is 139 Å². The molecule has 23 heavy (non-hydrogen) atoms. The van der Waals surface area contributed by atoms with Gasteiger partial charge in [-0.3, -0.25) is 9.89 Å². The van der Waals surface area contributed by atoms with Gasteiger partial charge < -0.3 is 10.2 Å². The molecule has 1 heterocycles. The van der Waals surface area contributed by atoms with E-state index in [2.05, 4.69) is 44.4 Å². The minimum absolute atomic E-state index is 0.125. The fraction of sp³-hybridized carbons (Fsp3) is 0.562. The molecule has 1 aliphatic heterocycles. The lowest BCUT2D eigenvalue weighted by atomic mass is 10.2. The maximum atomic E-state index is 11.2. The third-order valence-corrected chi connectivity index (χ3v) is 4.83. The first-order valence-electron chi connectivity index (χ1n) is 7.87. The standard InChI is InChI=1S/C16H26N4O2S/c1-17-16(18-8-13-23(2,21)22)20-11-9-19(10-12-20)14-15-6-4-3-5-7-15/h3-7H,8-14H2,1-2H3,(H,17,18). The third kappa shape index (κ3) is 6.19. The van der Waals surface area contributed by atoms with E-state index in [1.165, 1.54) is 11.8 Å². The normalized spacial score (nSPS) is 17.3. The van der Waals surface area contributed by atoms with Gasteiger partial charge in [0, 0.05) is 52.6 Å². The molecule has 0 spiro atoms. The van der Waals surface area contributed by atoms with E-state index in [4.69, 9.17) is 0 Å². The molecule has 128 valence electrons. The van der Waals surface area contributed by atoms with Gasteiger partial charge in [0.15, 0.2) is 5.96 Å². The summed E-state index contributed by atoms with van der Waals surface area (Å²) < 4.78 is 22.4. The average molecular weight is 338 g/mol. The summed E-state index contributed by atoms with van der Waals surface area (Å²) in [7, 11) is -1.21. The largest absolute Gasteiger partial charge is 0.355 e. The molecule has 2 rings (SSSR count). The van der Waals surface area contributed by atoms with Crippen molar-refractivity contribution in [2.75, 3.05) is 51.8 Å². The monoisotopic (exact) mass is 338 g/mol. The highest BCUT2D eigenvalue weighted by Gasteiger charge is 2.19. The number of rotatable bonds is 5. The Morgan fingerprint density at radius 1 is 1.17 bits per heavy atom. The third-order valence-electron chi connectivity index (χ3n) is 3.89. The molecule has 6 nitrogen and oxygen atoms in total. The number of nitrogens with one attached hydrogen (secondary N) is 1. The highest BCUT2D eigenvalue weighted by Crippen LogP contribution is 2.08. The zero-order chi connectivity index (χ0) is 16.7. The van der Waals surface area contributed by atoms with Crippen LogP contribution in [-0.2, 0) is 16.4 Å². The maximum Gasteiger partial charge on any atom is 0.193 e. The van der Waals surface area contributed by atoms with Crippen molar-refractivity contribution in [1.29, 1.82) is 0 Å². The predicted molar refractivity (Wildman–Crippen MR) is 94.4 cm³/mol. The number of aliphatic imine (C=N–C) groups is 1. The molecule has 1 aromatic rings. The molecule has 0 saturated carbocycles. The molecule has 7 heteroatoms. The summed E-state index contributed by atoms with van der Waals surface area (Å²) in [5.74, 6) is 0.910. The Kier molecular flexibility index (Phi) is 6.41. The zero-order valence-electron chi connectivity index (χ0n) is 13.9. The SMILES string of the molecule is CN=C(NCCS(C)(=O)=O)N1CCN(Cc2ccccc2)CC1. The van der Waals surface area contributed by atoms with Crippen LogP contribution < -0.4 is 5.32 Å². The lowest BCUT2D eigenvalue weighted by Crippen LogP contribution is -2.52. The van der Waals surface area contributed by atoms with E-state index in [-0.39, 0.29) is 5.75 Å². The maximum absolute atomic E-state index is 11.2. The number of sulfone groups is 1. The van der Waals surface area contributed by atoms with Gasteiger partial charge in [0.2, 0.25) is 0 Å². The van der Waals surface area contributed by atoms with E-state index in [9.17, 15) is 8.42 Å². The number of nitrogens with zero attached hydrogens (tertiary/aromatic N) is 3. The van der Waals surface area contributed by atoms with Crippen molar-refractivity contribution in [3.05, 3.63) is 35.9 Å². The van der Waals surface area contributed by atoms with Crippen LogP contribution in [-0.4, -0.2) is 76.0 Å². The quantitative estimate of drug-likeness (QED) is 0.623. The van der Waals surface area contributed by atoms with Crippen LogP contribution in [0.25, 0.3) is 0 Å². The average Bonchev–Trinajstić information content (AvgIpc) is 2.53. The second-order valence-corrected chi connectivity index (χ2v) is 8.11. The molecule has 0 aliphatic carbocycles. The van der Waals surface area contributed by atoms with Crippen LogP contribution in [0.3, 0.4) is 0 Å². The summed E-state index contributed by atoms with van der Waals surface area (Å²) in [5, 5.41) is 3.14. The Hall–Kier alpha value is -1.60. The molecule has 1 saturated heterocycles. The molecule has 1 aromatic carbocycles. The Bertz CT molecular complexity index is 608. The van der Waals surface area contributed by atoms with Crippen molar-refractivity contribution in [1.82, 2.24) is 15.1 Å². The van der Waals surface area contributed by atoms with Crippen LogP contribution in [0, 0.1) is 0 Å². The predicted octanol–water partition coefficient (Wildman–Crippen LogP) is 0.424. The van der Waals surface area contributed by atoms with E-state index in [1.54, 1.807) is 7.05 Å². The fourth-order valence-corrected chi connectivity index (χ4v) is 3.11. The Balaban J connectivity index is 1.78. The Morgan fingerprint density at radius 2 is 1.83 bits per heavy atom. The molecule has 0 radical (unpaired) electrons. The van der Waals surface area contributed by atoms with Crippen LogP contribution >= 0.6 is 0 Å². The van der Waals surface area contributed by atoms with Crippen LogP contribution in [0.2, 0.25) is 0 Å². The van der Waals surface area contributed by atoms with Gasteiger partial charge in [-0.15, -0.1) is 0 Å². The minimum Gasteiger partial charge on any atom is -0.355 e. The summed E-state index contributed by atoms with van der Waals surface area (Å²) in [4.78, 5) is 8.87. The lowest BCUT2D eigenvalue weighted by molar-refractivity contribution is 0.172. The molecule has 0 bridgehead atoms. The van der Waals surface area contributed by atoms with Crippen LogP contribution in [0.4, 0.5) is 0 Å². The number of hydrogen-bond donors (Lipinski definition) is 1. The second kappa shape index (κ2) is 8.31. The van der Waals surface area contributed by atoms with E-state index < -0.39 is 9.84 Å². The van der Waals surface area contributed by atoms with Crippen molar-refractivity contribution in [2.24, 2.45) is 4.99 Å². The summed E-state index contributed by atoms with van der Waals surface area (Å²) in [5.41, 5.74) is 1.33. The molecule has 0 atom stereocenters. The van der Waals surface area contributed by atoms with Crippen molar-refractivity contribution >= 4 is 15.8 Å². The van der Waals surface area contributed by atoms with E-state index in [0.29, 0.717) is 6.54 Å². The van der Waals surface area contributed by atoms with E-state index >= 15 is 0 Å². The second-order valence-electron chi connectivity index (χ2n) is 5.85. The highest BCUT2D eigenvalue weighted by molar-refractivity contribution is 7.90. The molecule has 0 aromatic heterocycles. The molecule has 1 N–H and O–H groups in total. The lowest BCUT2D eigenvalue weighted by Gasteiger charge is -2.36. The first-order chi connectivity index (χ1) is 11.0. The van der Waals surface area contributed by atoms with Gasteiger partial charge in [0.05, 0.1) is 5.75 Å². The van der Waals surface area contributed by atoms with Crippen LogP contribution in [0.1, 0.15) is 5.56 Å². The molecule has 0 amide bonds. The number of guanidine groups is 1. The van der Waals surface area contributed by atoms with Gasteiger partial charge in [-0.05, 0) is 5.56 Å². The van der Waals surface area contributed by atoms with Gasteiger partial charge in [0.1, 0.15) is 9.84 Å². The Morgan fingerprint density at radius 3 is 2.39 bits per heavy atom. The van der Waals surface area contributed by atoms with Crippen molar-refractivity contribution < 1.29 is 8.42 Å². The first kappa shape index (κ1) is 17.7. The van der Waals surface area contributed by atoms with E-state index in [1.807, 2.05) is 6.07 Å². The summed E-state index contributed by atoms with van der Waals surface area (Å²) in [6, 6.07) is 10.5. The van der Waals surface area contributed by atoms with Crippen molar-refractivity contribution in [3.63, 3.8) is 0 Å². The molecular weight excluding hydrogens is 312 g/mol. The van der Waals surface area contributed by atoms with Gasteiger partial charge in [0.25, 0.3) is 0 Å². The van der Waals surface area contributed by atoms with Crippen LogP contribution in [0.5, 0.6) is 0 Å². The van der Waals surface area contributed by atoms with Crippen molar-refractivity contribution in [2.45, 2.75) is 6.54 Å². The molecule has 1 fully saturated rings. The van der Waals surface area contributed by atoms with Gasteiger partial charge in [-0.1, -0.05) is 30.3 Å². The molecular formula is C16H26N4O2S. The minimum atomic E-state index is -2.95. The first-order valence-corrected chi connectivity index (χ1v) is 9.93.